The Morgan fingerprint density at radius 1 is 1.21 bits per heavy atom. The lowest BCUT2D eigenvalue weighted by Crippen LogP contribution is -2.41. The fourth-order valence-corrected chi connectivity index (χ4v) is 5.83. The maximum Gasteiger partial charge on any atom is 0.420 e. The summed E-state index contributed by atoms with van der Waals surface area (Å²) < 4.78 is 79.2. The van der Waals surface area contributed by atoms with E-state index < -0.39 is 46.4 Å². The summed E-state index contributed by atoms with van der Waals surface area (Å²) in [5, 5.41) is 7.56. The lowest BCUT2D eigenvalue weighted by atomic mass is 10.1. The number of nitrogen functional groups attached to an aromatic ring is 1. The summed E-state index contributed by atoms with van der Waals surface area (Å²) in [6, 6.07) is 9.46. The molecule has 0 saturated carbocycles. The van der Waals surface area contributed by atoms with Crippen LogP contribution in [0.4, 0.5) is 18.9 Å². The Balaban J connectivity index is 1.58. The third-order valence-corrected chi connectivity index (χ3v) is 8.13. The summed E-state index contributed by atoms with van der Waals surface area (Å²) in [5.41, 5.74) is 4.99. The number of alkyl halides is 3. The van der Waals surface area contributed by atoms with E-state index in [4.69, 9.17) is 15.9 Å². The standard InChI is InChI=1S/C28H32F3N5O5S/c1-19(37)41-42(38,39)36(14-4-6-20-5-2-7-21(17-20)27(32)33)22-9-10-25(24(18-22)28(29,30)31)40-23-11-15-35(16-12-23)26-8-3-13-34-26/h2,4-7,9-10,17-18,23H,3,8,11-16H2,1H3,(H3,32,33)/b6-4+. The number of halogens is 3. The molecule has 14 heteroatoms. The van der Waals surface area contributed by atoms with Gasteiger partial charge in [0.2, 0.25) is 0 Å². The summed E-state index contributed by atoms with van der Waals surface area (Å²) in [7, 11) is -4.81. The average Bonchev–Trinajstić information content (AvgIpc) is 3.46. The molecule has 0 unspecified atom stereocenters. The van der Waals surface area contributed by atoms with Crippen molar-refractivity contribution in [3.05, 3.63) is 65.2 Å². The molecule has 4 rings (SSSR count). The first-order valence-corrected chi connectivity index (χ1v) is 14.7. The molecule has 3 N–H and O–H groups in total. The quantitative estimate of drug-likeness (QED) is 0.319. The van der Waals surface area contributed by atoms with Crippen molar-refractivity contribution in [2.24, 2.45) is 10.7 Å². The number of aliphatic imine (C=N–C) groups is 1. The number of hydrogen-bond donors (Lipinski definition) is 2. The summed E-state index contributed by atoms with van der Waals surface area (Å²) in [5.74, 6) is -0.697. The van der Waals surface area contributed by atoms with Gasteiger partial charge in [0.25, 0.3) is 0 Å². The Kier molecular flexibility index (Phi) is 9.44. The molecule has 0 bridgehead atoms. The highest BCUT2D eigenvalue weighted by Gasteiger charge is 2.37. The number of ether oxygens (including phenoxy) is 1. The van der Waals surface area contributed by atoms with E-state index in [1.807, 2.05) is 0 Å². The molecule has 2 aromatic carbocycles. The second-order valence-electron chi connectivity index (χ2n) is 9.89. The zero-order valence-electron chi connectivity index (χ0n) is 22.9. The molecule has 0 aromatic heterocycles. The van der Waals surface area contributed by atoms with Gasteiger partial charge in [-0.15, -0.1) is 0 Å². The molecule has 226 valence electrons. The van der Waals surface area contributed by atoms with Crippen LogP contribution in [-0.4, -0.2) is 63.2 Å². The predicted octanol–water partition coefficient (Wildman–Crippen LogP) is 4.35. The molecule has 1 saturated heterocycles. The number of hydrogen-bond acceptors (Lipinski definition) is 8. The molecule has 0 amide bonds. The Hall–Kier alpha value is -4.07. The second-order valence-corrected chi connectivity index (χ2v) is 11.4. The number of likely N-dealkylation sites (tertiary alicyclic amines) is 1. The van der Waals surface area contributed by atoms with Gasteiger partial charge in [0.05, 0.1) is 23.6 Å². The van der Waals surface area contributed by atoms with Crippen LogP contribution in [0.15, 0.2) is 53.5 Å². The van der Waals surface area contributed by atoms with E-state index in [-0.39, 0.29) is 11.5 Å². The van der Waals surface area contributed by atoms with E-state index in [1.165, 1.54) is 18.2 Å². The summed E-state index contributed by atoms with van der Waals surface area (Å²) in [6.45, 7) is 2.46. The minimum absolute atomic E-state index is 0.167. The molecular formula is C28H32F3N5O5S. The van der Waals surface area contributed by atoms with Crippen molar-refractivity contribution in [3.63, 3.8) is 0 Å². The van der Waals surface area contributed by atoms with Crippen LogP contribution >= 0.6 is 0 Å². The molecule has 0 aliphatic carbocycles. The number of anilines is 1. The normalized spacial score (nSPS) is 16.4. The van der Waals surface area contributed by atoms with Gasteiger partial charge in [0, 0.05) is 51.4 Å². The first-order chi connectivity index (χ1) is 19.8. The number of nitrogens with one attached hydrogen (secondary N) is 1. The fraction of sp³-hybridized carbons (Fsp3) is 0.393. The first kappa shape index (κ1) is 30.9. The van der Waals surface area contributed by atoms with E-state index in [0.717, 1.165) is 38.2 Å². The fourth-order valence-electron chi connectivity index (χ4n) is 4.80. The Morgan fingerprint density at radius 3 is 2.57 bits per heavy atom. The highest BCUT2D eigenvalue weighted by molar-refractivity contribution is 7.88. The number of amidine groups is 2. The van der Waals surface area contributed by atoms with Crippen molar-refractivity contribution >= 4 is 39.7 Å². The molecule has 2 aliphatic heterocycles. The maximum atomic E-state index is 14.2. The molecule has 2 aromatic rings. The zero-order chi connectivity index (χ0) is 30.5. The smallest absolute Gasteiger partial charge is 0.420 e. The number of nitrogens with two attached hydrogens (primary N) is 1. The molecule has 2 heterocycles. The van der Waals surface area contributed by atoms with Crippen molar-refractivity contribution < 1.29 is 35.3 Å². The van der Waals surface area contributed by atoms with E-state index in [0.29, 0.717) is 47.4 Å². The van der Waals surface area contributed by atoms with Gasteiger partial charge in [-0.05, 0) is 36.2 Å². The SMILES string of the molecule is CC(=O)OS(=O)(=O)N(C/C=C/c1cccc(C(=N)N)c1)c1ccc(OC2CCN(C3=NCCC3)CC2)c(C(F)(F)F)c1. The van der Waals surface area contributed by atoms with Crippen LogP contribution in [0, 0.1) is 5.41 Å². The molecule has 0 spiro atoms. The van der Waals surface area contributed by atoms with Crippen LogP contribution < -0.4 is 14.8 Å². The minimum atomic E-state index is -4.86. The van der Waals surface area contributed by atoms with Crippen molar-refractivity contribution in [2.75, 3.05) is 30.5 Å². The summed E-state index contributed by atoms with van der Waals surface area (Å²) in [4.78, 5) is 18.1. The molecular weight excluding hydrogens is 575 g/mol. The van der Waals surface area contributed by atoms with Crippen LogP contribution in [0.25, 0.3) is 6.08 Å². The third-order valence-electron chi connectivity index (χ3n) is 6.78. The van der Waals surface area contributed by atoms with Crippen LogP contribution in [0.1, 0.15) is 49.3 Å². The van der Waals surface area contributed by atoms with Crippen molar-refractivity contribution in [1.29, 1.82) is 5.41 Å². The number of piperidine rings is 1. The number of nitrogens with zero attached hydrogens (tertiary/aromatic N) is 3. The lowest BCUT2D eigenvalue weighted by Gasteiger charge is -2.34. The van der Waals surface area contributed by atoms with Crippen molar-refractivity contribution in [1.82, 2.24) is 4.90 Å². The van der Waals surface area contributed by atoms with E-state index in [1.54, 1.807) is 24.3 Å². The van der Waals surface area contributed by atoms with Crippen LogP contribution in [0.2, 0.25) is 0 Å². The Morgan fingerprint density at radius 2 is 1.95 bits per heavy atom. The van der Waals surface area contributed by atoms with E-state index in [9.17, 15) is 26.4 Å². The molecule has 2 aliphatic rings. The van der Waals surface area contributed by atoms with Crippen LogP contribution in [0.5, 0.6) is 5.75 Å². The average molecular weight is 608 g/mol. The molecule has 0 radical (unpaired) electrons. The van der Waals surface area contributed by atoms with Gasteiger partial charge in [-0.3, -0.25) is 15.2 Å². The van der Waals surface area contributed by atoms with Gasteiger partial charge in [-0.1, -0.05) is 30.4 Å². The lowest BCUT2D eigenvalue weighted by molar-refractivity contribution is -0.139. The topological polar surface area (TPSA) is 138 Å². The number of carbonyl (C=O) groups excluding carboxylic acids is 1. The Labute approximate surface area is 242 Å². The highest BCUT2D eigenvalue weighted by Crippen LogP contribution is 2.40. The maximum absolute atomic E-state index is 14.2. The van der Waals surface area contributed by atoms with Gasteiger partial charge >= 0.3 is 22.4 Å². The Bertz CT molecular complexity index is 1480. The predicted molar refractivity (Wildman–Crippen MR) is 153 cm³/mol. The second kappa shape index (κ2) is 12.8. The largest absolute Gasteiger partial charge is 0.490 e. The molecule has 0 atom stereocenters. The van der Waals surface area contributed by atoms with Crippen molar-refractivity contribution in [3.8, 4) is 5.75 Å². The molecule has 42 heavy (non-hydrogen) atoms. The van der Waals surface area contributed by atoms with Gasteiger partial charge in [-0.25, -0.2) is 4.31 Å². The van der Waals surface area contributed by atoms with E-state index >= 15 is 0 Å². The summed E-state index contributed by atoms with van der Waals surface area (Å²) >= 11 is 0. The van der Waals surface area contributed by atoms with Gasteiger partial charge in [0.15, 0.2) is 0 Å². The number of rotatable bonds is 9. The zero-order valence-corrected chi connectivity index (χ0v) is 23.7. The van der Waals surface area contributed by atoms with Gasteiger partial charge < -0.3 is 19.6 Å². The van der Waals surface area contributed by atoms with Gasteiger partial charge in [-0.2, -0.15) is 21.6 Å². The highest BCUT2D eigenvalue weighted by atomic mass is 32.2. The first-order valence-electron chi connectivity index (χ1n) is 13.3. The van der Waals surface area contributed by atoms with Gasteiger partial charge in [0.1, 0.15) is 17.7 Å². The van der Waals surface area contributed by atoms with E-state index in [2.05, 4.69) is 14.1 Å². The molecule has 10 nitrogen and oxygen atoms in total. The monoisotopic (exact) mass is 607 g/mol. The van der Waals surface area contributed by atoms with Crippen molar-refractivity contribution in [2.45, 2.75) is 44.9 Å². The minimum Gasteiger partial charge on any atom is -0.490 e. The summed E-state index contributed by atoms with van der Waals surface area (Å²) in [6.07, 6.45) is 0.503. The number of carbonyl (C=O) groups is 1. The number of benzene rings is 2. The molecule has 1 fully saturated rings. The van der Waals surface area contributed by atoms with Crippen LogP contribution in [0.3, 0.4) is 0 Å². The third kappa shape index (κ3) is 7.81. The van der Waals surface area contributed by atoms with Crippen LogP contribution in [-0.2, 0) is 25.5 Å².